The smallest absolute Gasteiger partial charge is 0.0178 e. The molecule has 0 unspecified atom stereocenters. The van der Waals surface area contributed by atoms with E-state index in [0.29, 0.717) is 0 Å². The molecule has 0 aromatic heterocycles. The van der Waals surface area contributed by atoms with E-state index in [9.17, 15) is 0 Å². The van der Waals surface area contributed by atoms with Crippen LogP contribution in [0.15, 0.2) is 59.1 Å². The first-order chi connectivity index (χ1) is 9.29. The molecule has 3 aromatic carbocycles. The molecule has 19 heavy (non-hydrogen) atoms. The molecule has 0 heterocycles. The Morgan fingerprint density at radius 2 is 1.21 bits per heavy atom. The van der Waals surface area contributed by atoms with Gasteiger partial charge in [0.2, 0.25) is 0 Å². The van der Waals surface area contributed by atoms with Crippen molar-refractivity contribution in [1.82, 2.24) is 0 Å². The second kappa shape index (κ2) is 4.21. The Labute approximate surface area is 121 Å². The first kappa shape index (κ1) is 11.2. The van der Waals surface area contributed by atoms with Crippen molar-refractivity contribution in [2.24, 2.45) is 0 Å². The van der Waals surface area contributed by atoms with E-state index >= 15 is 0 Å². The Morgan fingerprint density at radius 3 is 1.89 bits per heavy atom. The molecule has 0 fully saturated rings. The Hall–Kier alpha value is -1.60. The predicted molar refractivity (Wildman–Crippen MR) is 83.7 cm³/mol. The zero-order valence-electron chi connectivity index (χ0n) is 10.5. The number of hydrogen-bond acceptors (Lipinski definition) is 0. The first-order valence-electron chi connectivity index (χ1n) is 6.57. The molecule has 1 heteroatoms. The van der Waals surface area contributed by atoms with Gasteiger partial charge < -0.3 is 0 Å². The normalized spacial score (nSPS) is 13.1. The molecule has 3 aromatic rings. The van der Waals surface area contributed by atoms with Crippen LogP contribution in [0.4, 0.5) is 0 Å². The largest absolute Gasteiger partial charge is 0.0616 e. The highest BCUT2D eigenvalue weighted by atomic mass is 79.9. The van der Waals surface area contributed by atoms with Crippen LogP contribution < -0.4 is 0 Å². The van der Waals surface area contributed by atoms with Crippen LogP contribution >= 0.6 is 15.9 Å². The highest BCUT2D eigenvalue weighted by Gasteiger charge is 2.15. The molecule has 0 aliphatic heterocycles. The number of halogens is 1. The zero-order valence-corrected chi connectivity index (χ0v) is 12.1. The fourth-order valence-corrected chi connectivity index (χ4v) is 3.41. The van der Waals surface area contributed by atoms with Crippen molar-refractivity contribution in [3.8, 4) is 0 Å². The quantitative estimate of drug-likeness (QED) is 0.424. The maximum absolute atomic E-state index is 3.57. The van der Waals surface area contributed by atoms with Gasteiger partial charge in [0.25, 0.3) is 0 Å². The van der Waals surface area contributed by atoms with Gasteiger partial charge in [-0.1, -0.05) is 58.4 Å². The lowest BCUT2D eigenvalue weighted by atomic mass is 9.85. The second-order valence-electron chi connectivity index (χ2n) is 5.23. The lowest BCUT2D eigenvalue weighted by molar-refractivity contribution is 1.00. The van der Waals surface area contributed by atoms with Gasteiger partial charge in [-0.15, -0.1) is 0 Å². The van der Waals surface area contributed by atoms with Gasteiger partial charge in [-0.2, -0.15) is 0 Å². The Morgan fingerprint density at radius 1 is 0.632 bits per heavy atom. The fraction of sp³-hybridized carbons (Fsp3) is 0.111. The monoisotopic (exact) mass is 308 g/mol. The molecule has 0 spiro atoms. The van der Waals surface area contributed by atoms with Crippen LogP contribution in [0.25, 0.3) is 10.8 Å². The number of fused-ring (bicyclic) bond motifs is 3. The van der Waals surface area contributed by atoms with E-state index in [1.165, 1.54) is 37.5 Å². The van der Waals surface area contributed by atoms with Crippen LogP contribution in [-0.2, 0) is 12.8 Å². The average molecular weight is 309 g/mol. The van der Waals surface area contributed by atoms with Crippen LogP contribution in [0.3, 0.4) is 0 Å². The molecule has 0 amide bonds. The van der Waals surface area contributed by atoms with Crippen molar-refractivity contribution in [1.29, 1.82) is 0 Å². The summed E-state index contributed by atoms with van der Waals surface area (Å²) in [4.78, 5) is 0. The molecule has 92 valence electrons. The van der Waals surface area contributed by atoms with Crippen molar-refractivity contribution in [2.75, 3.05) is 0 Å². The summed E-state index contributed by atoms with van der Waals surface area (Å²) in [6.45, 7) is 0. The molecule has 4 rings (SSSR count). The number of benzene rings is 3. The lowest BCUT2D eigenvalue weighted by Gasteiger charge is -2.20. The molecule has 0 nitrogen and oxygen atoms in total. The lowest BCUT2D eigenvalue weighted by Crippen LogP contribution is -2.07. The summed E-state index contributed by atoms with van der Waals surface area (Å²) >= 11 is 3.57. The summed E-state index contributed by atoms with van der Waals surface area (Å²) in [5.41, 5.74) is 5.88. The Kier molecular flexibility index (Phi) is 2.49. The van der Waals surface area contributed by atoms with Crippen LogP contribution in [0, 0.1) is 0 Å². The summed E-state index contributed by atoms with van der Waals surface area (Å²) in [6, 6.07) is 20.0. The van der Waals surface area contributed by atoms with Crippen molar-refractivity contribution >= 4 is 26.7 Å². The topological polar surface area (TPSA) is 0 Å². The van der Waals surface area contributed by atoms with E-state index in [1.54, 1.807) is 0 Å². The Balaban J connectivity index is 1.90. The van der Waals surface area contributed by atoms with Crippen molar-refractivity contribution in [2.45, 2.75) is 12.8 Å². The van der Waals surface area contributed by atoms with E-state index in [2.05, 4.69) is 70.5 Å². The molecule has 0 atom stereocenters. The zero-order chi connectivity index (χ0) is 12.8. The minimum atomic E-state index is 1.05. The number of hydrogen-bond donors (Lipinski definition) is 0. The van der Waals surface area contributed by atoms with Gasteiger partial charge in [-0.05, 0) is 58.0 Å². The average Bonchev–Trinajstić information content (AvgIpc) is 2.43. The van der Waals surface area contributed by atoms with Gasteiger partial charge in [-0.25, -0.2) is 0 Å². The molecule has 0 saturated heterocycles. The second-order valence-corrected chi connectivity index (χ2v) is 6.15. The van der Waals surface area contributed by atoms with Crippen LogP contribution in [0.5, 0.6) is 0 Å². The van der Waals surface area contributed by atoms with Crippen molar-refractivity contribution in [3.05, 3.63) is 81.3 Å². The SMILES string of the molecule is Brc1ccc2c(c1)Cc1cc3ccccc3cc1C2. The van der Waals surface area contributed by atoms with Gasteiger partial charge in [-0.3, -0.25) is 0 Å². The summed E-state index contributed by atoms with van der Waals surface area (Å²) in [7, 11) is 0. The summed E-state index contributed by atoms with van der Waals surface area (Å²) < 4.78 is 1.18. The van der Waals surface area contributed by atoms with Gasteiger partial charge >= 0.3 is 0 Å². The van der Waals surface area contributed by atoms with Gasteiger partial charge in [0.1, 0.15) is 0 Å². The van der Waals surface area contributed by atoms with Gasteiger partial charge in [0.05, 0.1) is 0 Å². The molecule has 1 aliphatic rings. The minimum Gasteiger partial charge on any atom is -0.0616 e. The minimum absolute atomic E-state index is 1.05. The van der Waals surface area contributed by atoms with E-state index in [4.69, 9.17) is 0 Å². The summed E-state index contributed by atoms with van der Waals surface area (Å²) in [5, 5.41) is 2.70. The highest BCUT2D eigenvalue weighted by molar-refractivity contribution is 9.10. The third-order valence-electron chi connectivity index (χ3n) is 4.00. The van der Waals surface area contributed by atoms with Crippen LogP contribution in [0.2, 0.25) is 0 Å². The Bertz CT molecular complexity index is 787. The maximum atomic E-state index is 3.57. The van der Waals surface area contributed by atoms with E-state index in [1.807, 2.05) is 0 Å². The third kappa shape index (κ3) is 1.89. The maximum Gasteiger partial charge on any atom is 0.0178 e. The van der Waals surface area contributed by atoms with Gasteiger partial charge in [0.15, 0.2) is 0 Å². The molecule has 0 saturated carbocycles. The van der Waals surface area contributed by atoms with Crippen molar-refractivity contribution < 1.29 is 0 Å². The first-order valence-corrected chi connectivity index (χ1v) is 7.37. The molecular formula is C18H13Br. The molecular weight excluding hydrogens is 296 g/mol. The molecule has 0 N–H and O–H groups in total. The van der Waals surface area contributed by atoms with E-state index < -0.39 is 0 Å². The molecule has 0 radical (unpaired) electrons. The van der Waals surface area contributed by atoms with Crippen molar-refractivity contribution in [3.63, 3.8) is 0 Å². The fourth-order valence-electron chi connectivity index (χ4n) is 3.01. The summed E-state index contributed by atoms with van der Waals surface area (Å²) in [6.07, 6.45) is 2.11. The van der Waals surface area contributed by atoms with Crippen LogP contribution in [0.1, 0.15) is 22.3 Å². The predicted octanol–water partition coefficient (Wildman–Crippen LogP) is 5.10. The number of rotatable bonds is 0. The molecule has 0 bridgehead atoms. The third-order valence-corrected chi connectivity index (χ3v) is 4.49. The van der Waals surface area contributed by atoms with Gasteiger partial charge in [0, 0.05) is 4.47 Å². The van der Waals surface area contributed by atoms with Crippen LogP contribution in [-0.4, -0.2) is 0 Å². The summed E-state index contributed by atoms with van der Waals surface area (Å²) in [5.74, 6) is 0. The highest BCUT2D eigenvalue weighted by Crippen LogP contribution is 2.31. The standard InChI is InChI=1S/C18H13Br/c19-18-6-5-14-9-15-7-12-3-1-2-4-13(12)8-16(15)10-17(14)11-18/h1-8,11H,9-10H2. The van der Waals surface area contributed by atoms with E-state index in [-0.39, 0.29) is 0 Å². The van der Waals surface area contributed by atoms with E-state index in [0.717, 1.165) is 12.8 Å². The molecule has 1 aliphatic carbocycles.